The second-order valence-corrected chi connectivity index (χ2v) is 7.34. The molecule has 0 amide bonds. The molecule has 0 fully saturated rings. The molecular formula is C15H16NO4P. The van der Waals surface area contributed by atoms with E-state index >= 15 is 0 Å². The monoisotopic (exact) mass is 305 g/mol. The van der Waals surface area contributed by atoms with Gasteiger partial charge in [-0.25, -0.2) is 0 Å². The van der Waals surface area contributed by atoms with Crippen molar-refractivity contribution in [1.29, 1.82) is 0 Å². The van der Waals surface area contributed by atoms with E-state index in [4.69, 9.17) is 0 Å². The van der Waals surface area contributed by atoms with Crippen molar-refractivity contribution in [2.24, 2.45) is 0 Å². The molecule has 2 rings (SSSR count). The lowest BCUT2D eigenvalue weighted by atomic mass is 9.92. The summed E-state index contributed by atoms with van der Waals surface area (Å²) in [5, 5.41) is 9.57. The molecule has 0 bridgehead atoms. The van der Waals surface area contributed by atoms with E-state index in [0.29, 0.717) is 11.1 Å². The molecule has 21 heavy (non-hydrogen) atoms. The van der Waals surface area contributed by atoms with E-state index in [0.717, 1.165) is 0 Å². The Kier molecular flexibility index (Phi) is 4.56. The zero-order chi connectivity index (χ0) is 15.5. The predicted octanol–water partition coefficient (Wildman–Crippen LogP) is 2.89. The summed E-state index contributed by atoms with van der Waals surface area (Å²) in [4.78, 5) is 25.7. The standard InChI is InChI=1S/C15H16NO4P/c1-21(19,20)14(12-8-5-9-16-10-12)13(15(17)18)11-6-3-2-4-7-11/h2-10,13-14H,1H3,(H,17,18)(H,19,20). The molecule has 5 nitrogen and oxygen atoms in total. The lowest BCUT2D eigenvalue weighted by Gasteiger charge is -2.26. The third-order valence-corrected chi connectivity index (χ3v) is 4.91. The Hall–Kier alpha value is -1.97. The molecule has 0 saturated carbocycles. The first-order chi connectivity index (χ1) is 9.91. The van der Waals surface area contributed by atoms with Crippen molar-refractivity contribution in [3.8, 4) is 0 Å². The van der Waals surface area contributed by atoms with Crippen molar-refractivity contribution >= 4 is 13.3 Å². The van der Waals surface area contributed by atoms with E-state index in [9.17, 15) is 19.4 Å². The molecule has 2 N–H and O–H groups in total. The van der Waals surface area contributed by atoms with Gasteiger partial charge < -0.3 is 10.00 Å². The van der Waals surface area contributed by atoms with E-state index in [1.807, 2.05) is 0 Å². The van der Waals surface area contributed by atoms with Crippen LogP contribution in [0.4, 0.5) is 0 Å². The maximum Gasteiger partial charge on any atom is 0.312 e. The van der Waals surface area contributed by atoms with Gasteiger partial charge in [-0.3, -0.25) is 14.3 Å². The molecule has 1 aromatic heterocycles. The van der Waals surface area contributed by atoms with Crippen LogP contribution in [0.1, 0.15) is 22.7 Å². The third kappa shape index (κ3) is 3.57. The summed E-state index contributed by atoms with van der Waals surface area (Å²) >= 11 is 0. The summed E-state index contributed by atoms with van der Waals surface area (Å²) in [6.45, 7) is 1.18. The molecule has 3 atom stereocenters. The highest BCUT2D eigenvalue weighted by atomic mass is 31.2. The largest absolute Gasteiger partial charge is 0.481 e. The van der Waals surface area contributed by atoms with Gasteiger partial charge in [-0.05, 0) is 17.2 Å². The number of rotatable bonds is 5. The smallest absolute Gasteiger partial charge is 0.312 e. The normalized spacial score (nSPS) is 16.7. The molecule has 6 heteroatoms. The van der Waals surface area contributed by atoms with Crippen molar-refractivity contribution in [2.45, 2.75) is 11.6 Å². The Morgan fingerprint density at radius 2 is 1.76 bits per heavy atom. The number of carboxylic acids is 1. The Labute approximate surface area is 122 Å². The lowest BCUT2D eigenvalue weighted by molar-refractivity contribution is -0.139. The molecule has 1 heterocycles. The average Bonchev–Trinajstić information content (AvgIpc) is 2.44. The number of aromatic nitrogens is 1. The maximum atomic E-state index is 12.3. The van der Waals surface area contributed by atoms with E-state index in [1.165, 1.54) is 19.1 Å². The summed E-state index contributed by atoms with van der Waals surface area (Å²) in [6, 6.07) is 11.7. The van der Waals surface area contributed by atoms with Crippen molar-refractivity contribution in [3.63, 3.8) is 0 Å². The molecule has 0 aliphatic rings. The number of benzene rings is 1. The number of nitrogens with zero attached hydrogens (tertiary/aromatic N) is 1. The zero-order valence-corrected chi connectivity index (χ0v) is 12.4. The van der Waals surface area contributed by atoms with Crippen LogP contribution in [-0.4, -0.2) is 27.6 Å². The van der Waals surface area contributed by atoms with Crippen LogP contribution in [0.3, 0.4) is 0 Å². The van der Waals surface area contributed by atoms with Crippen LogP contribution in [0.2, 0.25) is 0 Å². The number of aliphatic carboxylic acids is 1. The molecule has 110 valence electrons. The zero-order valence-electron chi connectivity index (χ0n) is 11.5. The van der Waals surface area contributed by atoms with Gasteiger partial charge in [0.2, 0.25) is 7.37 Å². The quantitative estimate of drug-likeness (QED) is 0.829. The number of hydrogen-bond donors (Lipinski definition) is 2. The fraction of sp³-hybridized carbons (Fsp3) is 0.200. The highest BCUT2D eigenvalue weighted by Crippen LogP contribution is 2.58. The van der Waals surface area contributed by atoms with Gasteiger partial charge in [-0.2, -0.15) is 0 Å². The first kappa shape index (κ1) is 15.4. The lowest BCUT2D eigenvalue weighted by Crippen LogP contribution is -2.20. The van der Waals surface area contributed by atoms with Crippen LogP contribution in [0, 0.1) is 0 Å². The number of hydrogen-bond acceptors (Lipinski definition) is 3. The van der Waals surface area contributed by atoms with Gasteiger partial charge >= 0.3 is 5.97 Å². The fourth-order valence-electron chi connectivity index (χ4n) is 2.42. The van der Waals surface area contributed by atoms with Gasteiger partial charge in [0.1, 0.15) is 0 Å². The average molecular weight is 305 g/mol. The first-order valence-electron chi connectivity index (χ1n) is 6.39. The molecule has 0 spiro atoms. The molecule has 2 aromatic rings. The fourth-order valence-corrected chi connectivity index (χ4v) is 3.98. The number of pyridine rings is 1. The van der Waals surface area contributed by atoms with Crippen molar-refractivity contribution in [2.75, 3.05) is 6.66 Å². The van der Waals surface area contributed by atoms with Gasteiger partial charge in [0.25, 0.3) is 0 Å². The van der Waals surface area contributed by atoms with Crippen LogP contribution >= 0.6 is 7.37 Å². The van der Waals surface area contributed by atoms with Crippen LogP contribution in [0.15, 0.2) is 54.9 Å². The maximum absolute atomic E-state index is 12.3. The minimum absolute atomic E-state index is 0.446. The van der Waals surface area contributed by atoms with Crippen LogP contribution in [-0.2, 0) is 9.36 Å². The SMILES string of the molecule is CP(=O)(O)C(c1cccnc1)C(C(=O)O)c1ccccc1. The van der Waals surface area contributed by atoms with Crippen LogP contribution < -0.4 is 0 Å². The Morgan fingerprint density at radius 1 is 1.14 bits per heavy atom. The Morgan fingerprint density at radius 3 is 2.24 bits per heavy atom. The van der Waals surface area contributed by atoms with Crippen LogP contribution in [0.25, 0.3) is 0 Å². The van der Waals surface area contributed by atoms with E-state index < -0.39 is 24.9 Å². The molecule has 0 saturated heterocycles. The predicted molar refractivity (Wildman–Crippen MR) is 79.5 cm³/mol. The third-order valence-electron chi connectivity index (χ3n) is 3.28. The highest BCUT2D eigenvalue weighted by molar-refractivity contribution is 7.57. The van der Waals surface area contributed by atoms with Gasteiger partial charge in [0.05, 0.1) is 11.6 Å². The van der Waals surface area contributed by atoms with E-state index in [1.54, 1.807) is 42.5 Å². The van der Waals surface area contributed by atoms with Gasteiger partial charge in [0, 0.05) is 19.1 Å². The summed E-state index contributed by atoms with van der Waals surface area (Å²) in [7, 11) is -3.69. The number of carboxylic acid groups (broad SMARTS) is 1. The van der Waals surface area contributed by atoms with Gasteiger partial charge in [-0.15, -0.1) is 0 Å². The molecule has 0 radical (unpaired) electrons. The minimum atomic E-state index is -3.69. The van der Waals surface area contributed by atoms with Crippen molar-refractivity contribution in [3.05, 3.63) is 66.0 Å². The summed E-state index contributed by atoms with van der Waals surface area (Å²) in [5.74, 6) is -2.23. The second-order valence-electron chi connectivity index (χ2n) is 4.90. The first-order valence-corrected chi connectivity index (χ1v) is 8.56. The van der Waals surface area contributed by atoms with E-state index in [-0.39, 0.29) is 0 Å². The molecule has 3 unspecified atom stereocenters. The summed E-state index contributed by atoms with van der Waals surface area (Å²) in [5.41, 5.74) is -0.0943. The number of carbonyl (C=O) groups is 1. The summed E-state index contributed by atoms with van der Waals surface area (Å²) in [6.07, 6.45) is 2.98. The van der Waals surface area contributed by atoms with Gasteiger partial charge in [0.15, 0.2) is 0 Å². The molecular weight excluding hydrogens is 289 g/mol. The van der Waals surface area contributed by atoms with Crippen LogP contribution in [0.5, 0.6) is 0 Å². The van der Waals surface area contributed by atoms with Crippen molar-refractivity contribution < 1.29 is 19.4 Å². The van der Waals surface area contributed by atoms with Gasteiger partial charge in [-0.1, -0.05) is 36.4 Å². The molecule has 0 aliphatic carbocycles. The highest BCUT2D eigenvalue weighted by Gasteiger charge is 2.40. The van der Waals surface area contributed by atoms with Crippen molar-refractivity contribution in [1.82, 2.24) is 4.98 Å². The van der Waals surface area contributed by atoms with E-state index in [2.05, 4.69) is 4.98 Å². The Balaban J connectivity index is 2.58. The molecule has 0 aliphatic heterocycles. The topological polar surface area (TPSA) is 87.5 Å². The summed E-state index contributed by atoms with van der Waals surface area (Å²) < 4.78 is 12.3. The second kappa shape index (κ2) is 6.20. The Bertz CT molecular complexity index is 654. The molecule has 1 aromatic carbocycles. The minimum Gasteiger partial charge on any atom is -0.481 e.